The molecule has 0 bridgehead atoms. The Balaban J connectivity index is 1.41. The zero-order valence-electron chi connectivity index (χ0n) is 16.8. The molecule has 0 saturated heterocycles. The predicted molar refractivity (Wildman–Crippen MR) is 113 cm³/mol. The molecule has 150 valence electrons. The van der Waals surface area contributed by atoms with Gasteiger partial charge < -0.3 is 10.1 Å². The van der Waals surface area contributed by atoms with Crippen molar-refractivity contribution in [2.75, 3.05) is 13.7 Å². The van der Waals surface area contributed by atoms with Gasteiger partial charge in [0.25, 0.3) is 5.91 Å². The zero-order chi connectivity index (χ0) is 20.1. The Bertz CT molecular complexity index is 925. The van der Waals surface area contributed by atoms with Crippen LogP contribution in [0.1, 0.15) is 47.2 Å². The van der Waals surface area contributed by atoms with Gasteiger partial charge in [-0.05, 0) is 54.3 Å². The predicted octanol–water partition coefficient (Wildman–Crippen LogP) is 4.18. The summed E-state index contributed by atoms with van der Waals surface area (Å²) in [4.78, 5) is 12.8. The SMILES string of the molecule is COc1ccc(C2(CNC(=O)c3ccc(Cn4cccn4)cc3)CCCC2)cc1. The molecule has 1 fully saturated rings. The molecule has 1 heterocycles. The van der Waals surface area contributed by atoms with Gasteiger partial charge in [0.2, 0.25) is 0 Å². The fourth-order valence-electron chi connectivity index (χ4n) is 4.26. The summed E-state index contributed by atoms with van der Waals surface area (Å²) in [5, 5.41) is 7.41. The van der Waals surface area contributed by atoms with Gasteiger partial charge in [0.15, 0.2) is 0 Å². The molecule has 1 aliphatic carbocycles. The number of methoxy groups -OCH3 is 1. The number of benzene rings is 2. The lowest BCUT2D eigenvalue weighted by Crippen LogP contribution is -2.39. The molecular weight excluding hydrogens is 362 g/mol. The van der Waals surface area contributed by atoms with E-state index in [0.29, 0.717) is 18.7 Å². The van der Waals surface area contributed by atoms with E-state index in [-0.39, 0.29) is 11.3 Å². The fourth-order valence-corrected chi connectivity index (χ4v) is 4.26. The van der Waals surface area contributed by atoms with E-state index < -0.39 is 0 Å². The third-order valence-electron chi connectivity index (χ3n) is 5.97. The van der Waals surface area contributed by atoms with Gasteiger partial charge in [-0.25, -0.2) is 0 Å². The Morgan fingerprint density at radius 2 is 1.83 bits per heavy atom. The van der Waals surface area contributed by atoms with Gasteiger partial charge in [-0.3, -0.25) is 9.48 Å². The quantitative estimate of drug-likeness (QED) is 0.659. The molecule has 1 amide bonds. The van der Waals surface area contributed by atoms with Gasteiger partial charge in [0.1, 0.15) is 5.75 Å². The summed E-state index contributed by atoms with van der Waals surface area (Å²) in [6.07, 6.45) is 8.29. The number of hydrogen-bond donors (Lipinski definition) is 1. The van der Waals surface area contributed by atoms with E-state index in [1.54, 1.807) is 13.3 Å². The summed E-state index contributed by atoms with van der Waals surface area (Å²) >= 11 is 0. The molecule has 1 aromatic heterocycles. The monoisotopic (exact) mass is 389 g/mol. The van der Waals surface area contributed by atoms with Crippen LogP contribution in [-0.2, 0) is 12.0 Å². The number of amides is 1. The van der Waals surface area contributed by atoms with Crippen LogP contribution in [0.25, 0.3) is 0 Å². The highest BCUT2D eigenvalue weighted by Crippen LogP contribution is 2.41. The van der Waals surface area contributed by atoms with E-state index >= 15 is 0 Å². The maximum absolute atomic E-state index is 12.8. The molecule has 5 nitrogen and oxygen atoms in total. The van der Waals surface area contributed by atoms with Crippen LogP contribution in [0.5, 0.6) is 5.75 Å². The van der Waals surface area contributed by atoms with E-state index in [9.17, 15) is 4.79 Å². The first-order valence-corrected chi connectivity index (χ1v) is 10.2. The molecule has 2 aromatic carbocycles. The summed E-state index contributed by atoms with van der Waals surface area (Å²) in [5.74, 6) is 0.844. The third-order valence-corrected chi connectivity index (χ3v) is 5.97. The molecule has 4 rings (SSSR count). The normalized spacial score (nSPS) is 15.2. The number of nitrogens with one attached hydrogen (secondary N) is 1. The average Bonchev–Trinajstić information content (AvgIpc) is 3.45. The summed E-state index contributed by atoms with van der Waals surface area (Å²) in [5.41, 5.74) is 3.11. The lowest BCUT2D eigenvalue weighted by Gasteiger charge is -2.30. The summed E-state index contributed by atoms with van der Waals surface area (Å²) in [6.45, 7) is 1.36. The van der Waals surface area contributed by atoms with Crippen molar-refractivity contribution in [1.82, 2.24) is 15.1 Å². The molecule has 0 unspecified atom stereocenters. The lowest BCUT2D eigenvalue weighted by molar-refractivity contribution is 0.0943. The lowest BCUT2D eigenvalue weighted by atomic mass is 9.78. The van der Waals surface area contributed by atoms with Gasteiger partial charge in [-0.1, -0.05) is 37.1 Å². The highest BCUT2D eigenvalue weighted by molar-refractivity contribution is 5.94. The molecule has 5 heteroatoms. The highest BCUT2D eigenvalue weighted by Gasteiger charge is 2.36. The maximum Gasteiger partial charge on any atom is 0.251 e. The van der Waals surface area contributed by atoms with Crippen molar-refractivity contribution in [3.63, 3.8) is 0 Å². The average molecular weight is 389 g/mol. The summed E-state index contributed by atoms with van der Waals surface area (Å²) in [6, 6.07) is 18.0. The Morgan fingerprint density at radius 1 is 1.10 bits per heavy atom. The van der Waals surface area contributed by atoms with E-state index in [1.165, 1.54) is 18.4 Å². The minimum atomic E-state index is -0.0181. The molecule has 1 aliphatic rings. The van der Waals surface area contributed by atoms with Crippen molar-refractivity contribution in [1.29, 1.82) is 0 Å². The van der Waals surface area contributed by atoms with Crippen LogP contribution in [0.2, 0.25) is 0 Å². The highest BCUT2D eigenvalue weighted by atomic mass is 16.5. The molecular formula is C24H27N3O2. The van der Waals surface area contributed by atoms with Crippen molar-refractivity contribution in [2.24, 2.45) is 0 Å². The van der Waals surface area contributed by atoms with Gasteiger partial charge in [0.05, 0.1) is 13.7 Å². The fraction of sp³-hybridized carbons (Fsp3) is 0.333. The Labute approximate surface area is 171 Å². The van der Waals surface area contributed by atoms with Crippen molar-refractivity contribution in [3.8, 4) is 5.75 Å². The number of ether oxygens (including phenoxy) is 1. The number of nitrogens with zero attached hydrogens (tertiary/aromatic N) is 2. The molecule has 1 N–H and O–H groups in total. The van der Waals surface area contributed by atoms with Gasteiger partial charge in [-0.2, -0.15) is 5.10 Å². The van der Waals surface area contributed by atoms with E-state index in [2.05, 4.69) is 22.5 Å². The second kappa shape index (κ2) is 8.52. The Hall–Kier alpha value is -3.08. The van der Waals surface area contributed by atoms with Gasteiger partial charge >= 0.3 is 0 Å². The first-order chi connectivity index (χ1) is 14.2. The van der Waals surface area contributed by atoms with E-state index in [1.807, 2.05) is 53.3 Å². The molecule has 0 spiro atoms. The van der Waals surface area contributed by atoms with Crippen LogP contribution < -0.4 is 10.1 Å². The van der Waals surface area contributed by atoms with E-state index in [0.717, 1.165) is 24.2 Å². The summed E-state index contributed by atoms with van der Waals surface area (Å²) in [7, 11) is 1.68. The number of rotatable bonds is 7. The Morgan fingerprint density at radius 3 is 2.45 bits per heavy atom. The van der Waals surface area contributed by atoms with Crippen molar-refractivity contribution < 1.29 is 9.53 Å². The molecule has 3 aromatic rings. The molecule has 0 atom stereocenters. The van der Waals surface area contributed by atoms with Crippen LogP contribution in [0.3, 0.4) is 0 Å². The number of carbonyl (C=O) groups excluding carboxylic acids is 1. The van der Waals surface area contributed by atoms with Crippen LogP contribution >= 0.6 is 0 Å². The van der Waals surface area contributed by atoms with Crippen LogP contribution in [0.15, 0.2) is 67.0 Å². The smallest absolute Gasteiger partial charge is 0.251 e. The van der Waals surface area contributed by atoms with Crippen LogP contribution in [0.4, 0.5) is 0 Å². The summed E-state index contributed by atoms with van der Waals surface area (Å²) < 4.78 is 7.16. The van der Waals surface area contributed by atoms with Crippen molar-refractivity contribution in [2.45, 2.75) is 37.6 Å². The standard InChI is InChI=1S/C24H27N3O2/c1-29-22-11-9-21(10-12-22)24(13-2-3-14-24)18-25-23(28)20-7-5-19(6-8-20)17-27-16-4-15-26-27/h4-12,15-16H,2-3,13-14,17-18H2,1H3,(H,25,28). The van der Waals surface area contributed by atoms with Crippen molar-refractivity contribution >= 4 is 5.91 Å². The molecule has 0 radical (unpaired) electrons. The number of hydrogen-bond acceptors (Lipinski definition) is 3. The van der Waals surface area contributed by atoms with Crippen molar-refractivity contribution in [3.05, 3.63) is 83.7 Å². The first kappa shape index (κ1) is 19.2. The minimum absolute atomic E-state index is 0.0158. The second-order valence-electron chi connectivity index (χ2n) is 7.80. The van der Waals surface area contributed by atoms with Crippen LogP contribution in [-0.4, -0.2) is 29.3 Å². The zero-order valence-corrected chi connectivity index (χ0v) is 16.8. The Kier molecular flexibility index (Phi) is 5.65. The first-order valence-electron chi connectivity index (χ1n) is 10.2. The topological polar surface area (TPSA) is 56.1 Å². The third kappa shape index (κ3) is 4.34. The van der Waals surface area contributed by atoms with Gasteiger partial charge in [-0.15, -0.1) is 0 Å². The maximum atomic E-state index is 12.8. The number of carbonyl (C=O) groups is 1. The van der Waals surface area contributed by atoms with Crippen LogP contribution in [0, 0.1) is 0 Å². The minimum Gasteiger partial charge on any atom is -0.497 e. The molecule has 1 saturated carbocycles. The van der Waals surface area contributed by atoms with E-state index in [4.69, 9.17) is 4.74 Å². The largest absolute Gasteiger partial charge is 0.497 e. The van der Waals surface area contributed by atoms with Gasteiger partial charge in [0, 0.05) is 29.9 Å². The molecule has 29 heavy (non-hydrogen) atoms. The second-order valence-corrected chi connectivity index (χ2v) is 7.80. The molecule has 0 aliphatic heterocycles. The number of aromatic nitrogens is 2.